The van der Waals surface area contributed by atoms with E-state index in [9.17, 15) is 10.1 Å². The van der Waals surface area contributed by atoms with Crippen LogP contribution in [0, 0.1) is 23.0 Å². The first-order valence-electron chi connectivity index (χ1n) is 7.62. The lowest BCUT2D eigenvalue weighted by molar-refractivity contribution is -0.385. The fourth-order valence-corrected chi connectivity index (χ4v) is 2.78. The van der Waals surface area contributed by atoms with Crippen LogP contribution < -0.4 is 10.6 Å². The maximum atomic E-state index is 11.2. The maximum absolute atomic E-state index is 11.2. The molecular weight excluding hydrogens is 270 g/mol. The monoisotopic (exact) mass is 293 g/mol. The predicted molar refractivity (Wildman–Crippen MR) is 82.7 cm³/mol. The number of anilines is 2. The Bertz CT molecular complexity index is 500. The van der Waals surface area contributed by atoms with Crippen molar-refractivity contribution in [2.75, 3.05) is 23.7 Å². The van der Waals surface area contributed by atoms with E-state index in [4.69, 9.17) is 0 Å². The Morgan fingerprint density at radius 2 is 1.95 bits per heavy atom. The molecule has 0 spiro atoms. The molecule has 7 heteroatoms. The second-order valence-corrected chi connectivity index (χ2v) is 5.50. The third-order valence-electron chi connectivity index (χ3n) is 3.86. The zero-order valence-electron chi connectivity index (χ0n) is 12.7. The molecule has 21 heavy (non-hydrogen) atoms. The maximum Gasteiger partial charge on any atom is 0.332 e. The molecule has 0 aromatic carbocycles. The van der Waals surface area contributed by atoms with Crippen molar-refractivity contribution in [3.63, 3.8) is 0 Å². The van der Waals surface area contributed by atoms with E-state index >= 15 is 0 Å². The Balaban J connectivity index is 2.15. The normalized spacial score (nSPS) is 15.7. The van der Waals surface area contributed by atoms with Gasteiger partial charge in [-0.15, -0.1) is 0 Å². The molecule has 0 aliphatic heterocycles. The molecule has 0 amide bonds. The van der Waals surface area contributed by atoms with Gasteiger partial charge in [-0.25, -0.2) is 4.98 Å². The van der Waals surface area contributed by atoms with Gasteiger partial charge in [-0.3, -0.25) is 10.1 Å². The highest BCUT2D eigenvalue weighted by Crippen LogP contribution is 2.28. The average Bonchev–Trinajstić information content (AvgIpc) is 2.45. The van der Waals surface area contributed by atoms with Crippen molar-refractivity contribution < 1.29 is 4.92 Å². The number of hydrogen-bond donors (Lipinski definition) is 2. The number of rotatable bonds is 6. The van der Waals surface area contributed by atoms with Crippen LogP contribution in [0.25, 0.3) is 0 Å². The van der Waals surface area contributed by atoms with Crippen LogP contribution in [-0.4, -0.2) is 28.0 Å². The van der Waals surface area contributed by atoms with Gasteiger partial charge in [0, 0.05) is 13.1 Å². The lowest BCUT2D eigenvalue weighted by Gasteiger charge is -2.22. The number of nitrogens with one attached hydrogen (secondary N) is 2. The van der Waals surface area contributed by atoms with Crippen LogP contribution >= 0.6 is 0 Å². The van der Waals surface area contributed by atoms with Gasteiger partial charge in [0.05, 0.1) is 4.92 Å². The van der Waals surface area contributed by atoms with Crippen molar-refractivity contribution in [3.8, 4) is 0 Å². The van der Waals surface area contributed by atoms with Crippen LogP contribution in [0.15, 0.2) is 0 Å². The van der Waals surface area contributed by atoms with Crippen LogP contribution in [0.2, 0.25) is 0 Å². The highest BCUT2D eigenvalue weighted by atomic mass is 16.6. The minimum Gasteiger partial charge on any atom is -0.364 e. The van der Waals surface area contributed by atoms with E-state index in [1.54, 1.807) is 6.92 Å². The van der Waals surface area contributed by atoms with Crippen LogP contribution in [-0.2, 0) is 0 Å². The van der Waals surface area contributed by atoms with E-state index in [-0.39, 0.29) is 5.69 Å². The molecule has 0 unspecified atom stereocenters. The molecule has 0 bridgehead atoms. The molecule has 0 atom stereocenters. The summed E-state index contributed by atoms with van der Waals surface area (Å²) in [7, 11) is 0. The van der Waals surface area contributed by atoms with E-state index in [2.05, 4.69) is 20.6 Å². The van der Waals surface area contributed by atoms with E-state index in [1.807, 2.05) is 6.92 Å². The van der Waals surface area contributed by atoms with Crippen LogP contribution in [0.4, 0.5) is 17.5 Å². The number of nitrogens with zero attached hydrogens (tertiary/aromatic N) is 3. The molecule has 1 fully saturated rings. The second-order valence-electron chi connectivity index (χ2n) is 5.50. The highest BCUT2D eigenvalue weighted by molar-refractivity contribution is 5.60. The number of hydrogen-bond acceptors (Lipinski definition) is 6. The smallest absolute Gasteiger partial charge is 0.332 e. The molecular formula is C14H23N5O2. The van der Waals surface area contributed by atoms with Crippen molar-refractivity contribution in [2.24, 2.45) is 5.92 Å². The summed E-state index contributed by atoms with van der Waals surface area (Å²) >= 11 is 0. The molecule has 7 nitrogen and oxygen atoms in total. The standard InChI is InChI=1S/C14H23N5O2/c1-3-15-14-17-10(2)12(19(20)21)13(18-14)16-9-11-7-5-4-6-8-11/h11H,3-9H2,1-2H3,(H2,15,16,17,18). The molecule has 1 saturated carbocycles. The quantitative estimate of drug-likeness (QED) is 0.618. The van der Waals surface area contributed by atoms with Crippen molar-refractivity contribution >= 4 is 17.5 Å². The third-order valence-corrected chi connectivity index (χ3v) is 3.86. The Kier molecular flexibility index (Phi) is 5.30. The van der Waals surface area contributed by atoms with Gasteiger partial charge in [0.25, 0.3) is 0 Å². The summed E-state index contributed by atoms with van der Waals surface area (Å²) in [6.07, 6.45) is 6.17. The summed E-state index contributed by atoms with van der Waals surface area (Å²) in [5, 5.41) is 17.4. The van der Waals surface area contributed by atoms with Gasteiger partial charge in [0.2, 0.25) is 11.8 Å². The first-order valence-corrected chi connectivity index (χ1v) is 7.62. The Hall–Kier alpha value is -1.92. The lowest BCUT2D eigenvalue weighted by atomic mass is 9.89. The van der Waals surface area contributed by atoms with Gasteiger partial charge in [-0.2, -0.15) is 4.98 Å². The Morgan fingerprint density at radius 1 is 1.24 bits per heavy atom. The van der Waals surface area contributed by atoms with Crippen LogP contribution in [0.3, 0.4) is 0 Å². The summed E-state index contributed by atoms with van der Waals surface area (Å²) in [6.45, 7) is 5.00. The van der Waals surface area contributed by atoms with Gasteiger partial charge in [0.15, 0.2) is 0 Å². The van der Waals surface area contributed by atoms with Crippen molar-refractivity contribution in [1.29, 1.82) is 0 Å². The largest absolute Gasteiger partial charge is 0.364 e. The zero-order valence-corrected chi connectivity index (χ0v) is 12.7. The number of aromatic nitrogens is 2. The Morgan fingerprint density at radius 3 is 2.57 bits per heavy atom. The van der Waals surface area contributed by atoms with Gasteiger partial charge in [-0.05, 0) is 32.6 Å². The molecule has 116 valence electrons. The van der Waals surface area contributed by atoms with Gasteiger partial charge in [-0.1, -0.05) is 19.3 Å². The molecule has 1 aromatic heterocycles. The van der Waals surface area contributed by atoms with Crippen molar-refractivity contribution in [3.05, 3.63) is 15.8 Å². The first-order chi connectivity index (χ1) is 10.1. The molecule has 0 saturated heterocycles. The molecule has 1 aromatic rings. The topological polar surface area (TPSA) is 93.0 Å². The third kappa shape index (κ3) is 4.03. The van der Waals surface area contributed by atoms with E-state index in [1.165, 1.54) is 32.1 Å². The van der Waals surface area contributed by atoms with Gasteiger partial charge >= 0.3 is 5.69 Å². The van der Waals surface area contributed by atoms with Gasteiger partial charge in [0.1, 0.15) is 5.69 Å². The van der Waals surface area contributed by atoms with Gasteiger partial charge < -0.3 is 10.6 Å². The first kappa shape index (κ1) is 15.5. The summed E-state index contributed by atoms with van der Waals surface area (Å²) in [5.41, 5.74) is 0.365. The van der Waals surface area contributed by atoms with Crippen LogP contribution in [0.5, 0.6) is 0 Å². The molecule has 0 radical (unpaired) electrons. The molecule has 1 heterocycles. The summed E-state index contributed by atoms with van der Waals surface area (Å²) in [4.78, 5) is 19.2. The fraction of sp³-hybridized carbons (Fsp3) is 0.714. The molecule has 1 aliphatic carbocycles. The Labute approximate surface area is 124 Å². The summed E-state index contributed by atoms with van der Waals surface area (Å²) < 4.78 is 0. The molecule has 2 rings (SSSR count). The lowest BCUT2D eigenvalue weighted by Crippen LogP contribution is -2.19. The highest BCUT2D eigenvalue weighted by Gasteiger charge is 2.23. The minimum absolute atomic E-state index is 0.0209. The predicted octanol–water partition coefficient (Wildman–Crippen LogP) is 3.12. The summed E-state index contributed by atoms with van der Waals surface area (Å²) in [5.74, 6) is 1.34. The van der Waals surface area contributed by atoms with Crippen molar-refractivity contribution in [2.45, 2.75) is 46.0 Å². The fourth-order valence-electron chi connectivity index (χ4n) is 2.78. The SMILES string of the molecule is CCNc1nc(C)c([N+](=O)[O-])c(NCC2CCCCC2)n1. The van der Waals surface area contributed by atoms with E-state index in [0.29, 0.717) is 29.9 Å². The second kappa shape index (κ2) is 7.19. The van der Waals surface area contributed by atoms with Crippen LogP contribution in [0.1, 0.15) is 44.7 Å². The molecule has 1 aliphatic rings. The average molecular weight is 293 g/mol. The molecule has 2 N–H and O–H groups in total. The minimum atomic E-state index is -0.408. The number of aryl methyl sites for hydroxylation is 1. The zero-order chi connectivity index (χ0) is 15.2. The van der Waals surface area contributed by atoms with Crippen molar-refractivity contribution in [1.82, 2.24) is 9.97 Å². The van der Waals surface area contributed by atoms with E-state index < -0.39 is 4.92 Å². The number of nitro groups is 1. The van der Waals surface area contributed by atoms with E-state index in [0.717, 1.165) is 6.54 Å². The summed E-state index contributed by atoms with van der Waals surface area (Å²) in [6, 6.07) is 0.